The van der Waals surface area contributed by atoms with Gasteiger partial charge in [-0.15, -0.1) is 0 Å². The molecule has 0 N–H and O–H groups in total. The van der Waals surface area contributed by atoms with E-state index in [1.807, 2.05) is 18.2 Å². The fraction of sp³-hybridized carbons (Fsp3) is 0.273. The second-order valence-electron chi connectivity index (χ2n) is 7.25. The molecule has 0 fully saturated rings. The van der Waals surface area contributed by atoms with Gasteiger partial charge in [-0.05, 0) is 18.2 Å². The van der Waals surface area contributed by atoms with Crippen molar-refractivity contribution in [1.29, 1.82) is 0 Å². The van der Waals surface area contributed by atoms with Crippen LogP contribution in [0.5, 0.6) is 34.5 Å². The monoisotopic (exact) mass is 393 g/mol. The number of nitrogens with zero attached hydrogens (tertiary/aromatic N) is 1. The van der Waals surface area contributed by atoms with Crippen molar-refractivity contribution in [2.24, 2.45) is 0 Å². The highest BCUT2D eigenvalue weighted by atomic mass is 16.7. The van der Waals surface area contributed by atoms with Gasteiger partial charge >= 0.3 is 0 Å². The van der Waals surface area contributed by atoms with Crippen molar-refractivity contribution in [2.75, 3.05) is 39.8 Å². The summed E-state index contributed by atoms with van der Waals surface area (Å²) in [6.45, 7) is 1.11. The normalized spacial score (nSPS) is 15.3. The second kappa shape index (κ2) is 5.76. The van der Waals surface area contributed by atoms with Crippen LogP contribution in [0.1, 0.15) is 5.56 Å². The maximum absolute atomic E-state index is 5.79. The Hall–Kier alpha value is -3.48. The van der Waals surface area contributed by atoms with Crippen LogP contribution in [-0.2, 0) is 6.54 Å². The fourth-order valence-electron chi connectivity index (χ4n) is 4.54. The predicted octanol–water partition coefficient (Wildman–Crippen LogP) is 3.93. The lowest BCUT2D eigenvalue weighted by atomic mass is 9.88. The van der Waals surface area contributed by atoms with Crippen molar-refractivity contribution in [3.05, 3.63) is 29.8 Å². The average Bonchev–Trinajstić information content (AvgIpc) is 3.39. The van der Waals surface area contributed by atoms with Crippen LogP contribution in [0.2, 0.25) is 0 Å². The van der Waals surface area contributed by atoms with E-state index in [9.17, 15) is 0 Å². The van der Waals surface area contributed by atoms with Gasteiger partial charge in [-0.3, -0.25) is 0 Å². The van der Waals surface area contributed by atoms with Crippen molar-refractivity contribution in [3.63, 3.8) is 0 Å². The number of hydrogen-bond donors (Lipinski definition) is 0. The molecule has 0 unspecified atom stereocenters. The molecule has 29 heavy (non-hydrogen) atoms. The Kier molecular flexibility index (Phi) is 3.27. The van der Waals surface area contributed by atoms with E-state index in [4.69, 9.17) is 28.4 Å². The highest BCUT2D eigenvalue weighted by Gasteiger charge is 2.33. The maximum Gasteiger partial charge on any atom is 0.231 e. The molecule has 0 radical (unpaired) electrons. The predicted molar refractivity (Wildman–Crippen MR) is 107 cm³/mol. The standard InChI is InChI=1S/C22H19NO6/c1-23-8-14-20(18(25-3)7-19-22(14)29-10-28-19)13-6-15(24-2)11-4-16-17(27-9-26-16)5-12(11)21(13)23/h4-7H,8-10H2,1-3H3. The molecule has 0 bridgehead atoms. The molecule has 0 saturated carbocycles. The summed E-state index contributed by atoms with van der Waals surface area (Å²) in [4.78, 5) is 2.21. The molecule has 6 rings (SSSR count). The van der Waals surface area contributed by atoms with E-state index in [-0.39, 0.29) is 13.6 Å². The Balaban J connectivity index is 1.73. The third kappa shape index (κ3) is 2.12. The minimum absolute atomic E-state index is 0.218. The van der Waals surface area contributed by atoms with Crippen LogP contribution in [0.25, 0.3) is 21.9 Å². The molecule has 3 aliphatic rings. The van der Waals surface area contributed by atoms with Gasteiger partial charge in [0, 0.05) is 47.1 Å². The SMILES string of the molecule is COc1cc2c(c3c1-c1cc(OC)c4cc5c(cc4c1N(C)C3)OCO5)OCO2. The maximum atomic E-state index is 5.79. The van der Waals surface area contributed by atoms with Crippen LogP contribution < -0.4 is 33.3 Å². The van der Waals surface area contributed by atoms with Crippen molar-refractivity contribution in [2.45, 2.75) is 6.54 Å². The van der Waals surface area contributed by atoms with Gasteiger partial charge in [0.15, 0.2) is 23.0 Å². The molecular formula is C22H19NO6. The van der Waals surface area contributed by atoms with Crippen LogP contribution in [0, 0.1) is 0 Å². The smallest absolute Gasteiger partial charge is 0.231 e. The Morgan fingerprint density at radius 1 is 0.793 bits per heavy atom. The van der Waals surface area contributed by atoms with Crippen LogP contribution in [-0.4, -0.2) is 34.9 Å². The molecule has 148 valence electrons. The van der Waals surface area contributed by atoms with Gasteiger partial charge in [0.25, 0.3) is 0 Å². The summed E-state index contributed by atoms with van der Waals surface area (Å²) >= 11 is 0. The van der Waals surface area contributed by atoms with E-state index in [2.05, 4.69) is 18.0 Å². The minimum atomic E-state index is 0.218. The summed E-state index contributed by atoms with van der Waals surface area (Å²) in [6, 6.07) is 7.96. The van der Waals surface area contributed by atoms with Crippen LogP contribution in [0.3, 0.4) is 0 Å². The summed E-state index contributed by atoms with van der Waals surface area (Å²) in [6.07, 6.45) is 0. The van der Waals surface area contributed by atoms with Crippen LogP contribution in [0.15, 0.2) is 24.3 Å². The zero-order valence-corrected chi connectivity index (χ0v) is 16.3. The van der Waals surface area contributed by atoms with E-state index in [0.29, 0.717) is 12.3 Å². The van der Waals surface area contributed by atoms with E-state index < -0.39 is 0 Å². The van der Waals surface area contributed by atoms with Crippen molar-refractivity contribution in [3.8, 4) is 45.6 Å². The van der Waals surface area contributed by atoms with Gasteiger partial charge < -0.3 is 33.3 Å². The first-order chi connectivity index (χ1) is 14.2. The Morgan fingerprint density at radius 3 is 2.24 bits per heavy atom. The minimum Gasteiger partial charge on any atom is -0.496 e. The number of hydrogen-bond acceptors (Lipinski definition) is 7. The highest BCUT2D eigenvalue weighted by Crippen LogP contribution is 2.55. The van der Waals surface area contributed by atoms with E-state index in [0.717, 1.165) is 61.9 Å². The van der Waals surface area contributed by atoms with Gasteiger partial charge in [-0.1, -0.05) is 0 Å². The summed E-state index contributed by atoms with van der Waals surface area (Å²) in [7, 11) is 5.42. The largest absolute Gasteiger partial charge is 0.496 e. The van der Waals surface area contributed by atoms with Crippen LogP contribution >= 0.6 is 0 Å². The molecular weight excluding hydrogens is 374 g/mol. The Morgan fingerprint density at radius 2 is 1.48 bits per heavy atom. The third-order valence-corrected chi connectivity index (χ3v) is 5.78. The molecule has 0 amide bonds. The van der Waals surface area contributed by atoms with Gasteiger partial charge in [0.1, 0.15) is 11.5 Å². The molecule has 0 aromatic heterocycles. The topological polar surface area (TPSA) is 58.6 Å². The molecule has 3 aromatic carbocycles. The number of rotatable bonds is 2. The van der Waals surface area contributed by atoms with Gasteiger partial charge in [0.2, 0.25) is 13.6 Å². The Labute approximate surface area is 167 Å². The lowest BCUT2D eigenvalue weighted by Gasteiger charge is -2.33. The molecule has 7 heteroatoms. The summed E-state index contributed by atoms with van der Waals surface area (Å²) < 4.78 is 34.1. The summed E-state index contributed by atoms with van der Waals surface area (Å²) in [5.41, 5.74) is 4.16. The summed E-state index contributed by atoms with van der Waals surface area (Å²) in [5.74, 6) is 4.48. The van der Waals surface area contributed by atoms with Gasteiger partial charge in [-0.2, -0.15) is 0 Å². The van der Waals surface area contributed by atoms with Crippen molar-refractivity contribution >= 4 is 16.5 Å². The second-order valence-corrected chi connectivity index (χ2v) is 7.25. The molecule has 0 atom stereocenters. The van der Waals surface area contributed by atoms with Crippen molar-refractivity contribution in [1.82, 2.24) is 0 Å². The quantitative estimate of drug-likeness (QED) is 0.654. The van der Waals surface area contributed by atoms with Gasteiger partial charge in [0.05, 0.1) is 19.9 Å². The fourth-order valence-corrected chi connectivity index (χ4v) is 4.54. The van der Waals surface area contributed by atoms with Crippen LogP contribution in [0.4, 0.5) is 5.69 Å². The number of methoxy groups -OCH3 is 2. The van der Waals surface area contributed by atoms with E-state index in [1.54, 1.807) is 14.2 Å². The first-order valence-electron chi connectivity index (χ1n) is 9.35. The summed E-state index contributed by atoms with van der Waals surface area (Å²) in [5, 5.41) is 2.02. The Bertz CT molecular complexity index is 1190. The molecule has 7 nitrogen and oxygen atoms in total. The number of ether oxygens (including phenoxy) is 6. The third-order valence-electron chi connectivity index (χ3n) is 5.78. The lowest BCUT2D eigenvalue weighted by molar-refractivity contribution is 0.173. The molecule has 3 aliphatic heterocycles. The molecule has 0 spiro atoms. The molecule has 3 aromatic rings. The van der Waals surface area contributed by atoms with E-state index in [1.165, 1.54) is 0 Å². The molecule has 0 saturated heterocycles. The number of fused-ring (bicyclic) bond motifs is 8. The zero-order chi connectivity index (χ0) is 19.7. The zero-order valence-electron chi connectivity index (χ0n) is 16.3. The number of anilines is 1. The first kappa shape index (κ1) is 16.5. The first-order valence-corrected chi connectivity index (χ1v) is 9.35. The molecule has 3 heterocycles. The van der Waals surface area contributed by atoms with E-state index >= 15 is 0 Å². The lowest BCUT2D eigenvalue weighted by Crippen LogP contribution is -2.22. The highest BCUT2D eigenvalue weighted by molar-refractivity contribution is 6.09. The molecule has 0 aliphatic carbocycles. The van der Waals surface area contributed by atoms with Gasteiger partial charge in [-0.25, -0.2) is 0 Å². The van der Waals surface area contributed by atoms with Crippen molar-refractivity contribution < 1.29 is 28.4 Å². The number of benzene rings is 3. The average molecular weight is 393 g/mol.